The Balaban J connectivity index is 2.18. The van der Waals surface area contributed by atoms with Gasteiger partial charge in [0.2, 0.25) is 5.89 Å². The van der Waals surface area contributed by atoms with Gasteiger partial charge >= 0.3 is 5.97 Å². The van der Waals surface area contributed by atoms with Crippen LogP contribution in [0, 0.1) is 10.1 Å². The minimum atomic E-state index is -0.709. The molecule has 0 unspecified atom stereocenters. The first kappa shape index (κ1) is 17.9. The Bertz CT molecular complexity index is 1010. The molecule has 0 spiro atoms. The van der Waals surface area contributed by atoms with Crippen molar-refractivity contribution in [1.82, 2.24) is 4.98 Å². The molecule has 0 fully saturated rings. The zero-order valence-electron chi connectivity index (χ0n) is 13.8. The SMILES string of the molecule is CCOC(=O)c1cc([N+](=O)[O-])cc2nc(-c3ccc(OC)c(Br)c3)oc12. The highest BCUT2D eigenvalue weighted by atomic mass is 79.9. The van der Waals surface area contributed by atoms with Crippen molar-refractivity contribution < 1.29 is 23.6 Å². The number of nitrogens with zero attached hydrogens (tertiary/aromatic N) is 2. The summed E-state index contributed by atoms with van der Waals surface area (Å²) in [6.07, 6.45) is 0. The molecule has 0 aliphatic rings. The van der Waals surface area contributed by atoms with Gasteiger partial charge in [-0.2, -0.15) is 0 Å². The van der Waals surface area contributed by atoms with Gasteiger partial charge in [0.1, 0.15) is 16.8 Å². The fourth-order valence-corrected chi connectivity index (χ4v) is 2.95. The number of aromatic nitrogens is 1. The highest BCUT2D eigenvalue weighted by molar-refractivity contribution is 9.10. The number of ether oxygens (including phenoxy) is 2. The molecule has 0 aliphatic heterocycles. The van der Waals surface area contributed by atoms with Crippen molar-refractivity contribution in [1.29, 1.82) is 0 Å². The number of rotatable bonds is 5. The summed E-state index contributed by atoms with van der Waals surface area (Å²) in [7, 11) is 1.55. The van der Waals surface area contributed by atoms with Crippen molar-refractivity contribution in [2.75, 3.05) is 13.7 Å². The predicted octanol–water partition coefficient (Wildman–Crippen LogP) is 4.35. The van der Waals surface area contributed by atoms with Gasteiger partial charge in [-0.3, -0.25) is 10.1 Å². The van der Waals surface area contributed by atoms with Crippen LogP contribution in [0.3, 0.4) is 0 Å². The number of fused-ring (bicyclic) bond motifs is 1. The van der Waals surface area contributed by atoms with Crippen LogP contribution >= 0.6 is 15.9 Å². The van der Waals surface area contributed by atoms with Crippen LogP contribution in [0.5, 0.6) is 5.75 Å². The number of nitro groups is 1. The quantitative estimate of drug-likeness (QED) is 0.343. The van der Waals surface area contributed by atoms with Crippen LogP contribution in [-0.2, 0) is 4.74 Å². The molecule has 0 aliphatic carbocycles. The van der Waals surface area contributed by atoms with E-state index in [-0.39, 0.29) is 34.8 Å². The Hall–Kier alpha value is -2.94. The van der Waals surface area contributed by atoms with E-state index in [2.05, 4.69) is 20.9 Å². The smallest absolute Gasteiger partial charge is 0.342 e. The number of non-ortho nitro benzene ring substituents is 1. The number of carbonyl (C=O) groups is 1. The van der Waals surface area contributed by atoms with Gasteiger partial charge < -0.3 is 13.9 Å². The Kier molecular flexibility index (Phi) is 4.90. The molecule has 0 saturated heterocycles. The normalized spacial score (nSPS) is 10.7. The summed E-state index contributed by atoms with van der Waals surface area (Å²) >= 11 is 3.38. The molecule has 26 heavy (non-hydrogen) atoms. The number of esters is 1. The third kappa shape index (κ3) is 3.25. The van der Waals surface area contributed by atoms with Crippen LogP contribution in [0.2, 0.25) is 0 Å². The number of halogens is 1. The Morgan fingerprint density at radius 1 is 1.35 bits per heavy atom. The van der Waals surface area contributed by atoms with Gasteiger partial charge in [0, 0.05) is 17.7 Å². The van der Waals surface area contributed by atoms with Gasteiger partial charge in [-0.25, -0.2) is 9.78 Å². The number of hydrogen-bond acceptors (Lipinski definition) is 7. The molecule has 0 amide bonds. The summed E-state index contributed by atoms with van der Waals surface area (Å²) in [5, 5.41) is 11.1. The lowest BCUT2D eigenvalue weighted by Crippen LogP contribution is -2.05. The van der Waals surface area contributed by atoms with Crippen molar-refractivity contribution in [2.24, 2.45) is 0 Å². The van der Waals surface area contributed by atoms with Gasteiger partial charge in [0.15, 0.2) is 5.58 Å². The lowest BCUT2D eigenvalue weighted by atomic mass is 10.1. The molecule has 3 rings (SSSR count). The van der Waals surface area contributed by atoms with E-state index in [1.54, 1.807) is 32.2 Å². The topological polar surface area (TPSA) is 105 Å². The molecule has 1 heterocycles. The molecule has 8 nitrogen and oxygen atoms in total. The molecule has 9 heteroatoms. The lowest BCUT2D eigenvalue weighted by molar-refractivity contribution is -0.384. The molecule has 3 aromatic rings. The van der Waals surface area contributed by atoms with Gasteiger partial charge in [0.05, 0.1) is 23.1 Å². The number of oxazole rings is 1. The van der Waals surface area contributed by atoms with Crippen molar-refractivity contribution in [3.8, 4) is 17.2 Å². The molecular formula is C17H13BrN2O6. The van der Waals surface area contributed by atoms with E-state index >= 15 is 0 Å². The summed E-state index contributed by atoms with van der Waals surface area (Å²) in [6.45, 7) is 1.78. The second-order valence-corrected chi connectivity index (χ2v) is 6.04. The van der Waals surface area contributed by atoms with Gasteiger partial charge in [-0.15, -0.1) is 0 Å². The van der Waals surface area contributed by atoms with Crippen LogP contribution in [0.25, 0.3) is 22.6 Å². The largest absolute Gasteiger partial charge is 0.496 e. The molecule has 2 aromatic carbocycles. The molecule has 0 saturated carbocycles. The first-order chi connectivity index (χ1) is 12.4. The Labute approximate surface area is 156 Å². The van der Waals surface area contributed by atoms with Crippen LogP contribution in [0.15, 0.2) is 39.2 Å². The number of methoxy groups -OCH3 is 1. The number of nitro benzene ring substituents is 1. The number of carbonyl (C=O) groups excluding carboxylic acids is 1. The van der Waals surface area contributed by atoms with E-state index in [0.717, 1.165) is 6.07 Å². The first-order valence-electron chi connectivity index (χ1n) is 7.54. The third-order valence-electron chi connectivity index (χ3n) is 3.58. The van der Waals surface area contributed by atoms with Crippen molar-refractivity contribution >= 4 is 38.7 Å². The van der Waals surface area contributed by atoms with Gasteiger partial charge in [-0.05, 0) is 41.1 Å². The zero-order valence-corrected chi connectivity index (χ0v) is 15.4. The summed E-state index contributed by atoms with van der Waals surface area (Å²) in [6, 6.07) is 7.57. The van der Waals surface area contributed by atoms with E-state index in [1.807, 2.05) is 0 Å². The maximum atomic E-state index is 12.2. The fraction of sp³-hybridized carbons (Fsp3) is 0.176. The minimum Gasteiger partial charge on any atom is -0.496 e. The van der Waals surface area contributed by atoms with Crippen LogP contribution in [0.1, 0.15) is 17.3 Å². The summed E-state index contributed by atoms with van der Waals surface area (Å²) < 4.78 is 16.6. The highest BCUT2D eigenvalue weighted by Crippen LogP contribution is 2.34. The fourth-order valence-electron chi connectivity index (χ4n) is 2.41. The third-order valence-corrected chi connectivity index (χ3v) is 4.20. The lowest BCUT2D eigenvalue weighted by Gasteiger charge is -2.03. The van der Waals surface area contributed by atoms with Crippen molar-refractivity contribution in [3.63, 3.8) is 0 Å². The predicted molar refractivity (Wildman–Crippen MR) is 96.3 cm³/mol. The van der Waals surface area contributed by atoms with E-state index < -0.39 is 10.9 Å². The highest BCUT2D eigenvalue weighted by Gasteiger charge is 2.23. The van der Waals surface area contributed by atoms with E-state index in [1.165, 1.54) is 6.07 Å². The molecule has 0 radical (unpaired) electrons. The second-order valence-electron chi connectivity index (χ2n) is 5.19. The number of benzene rings is 2. The van der Waals surface area contributed by atoms with E-state index in [4.69, 9.17) is 13.9 Å². The van der Waals surface area contributed by atoms with E-state index in [0.29, 0.717) is 15.8 Å². The van der Waals surface area contributed by atoms with Crippen molar-refractivity contribution in [3.05, 3.63) is 50.5 Å². The summed E-state index contributed by atoms with van der Waals surface area (Å²) in [4.78, 5) is 27.0. The molecule has 0 N–H and O–H groups in total. The van der Waals surface area contributed by atoms with Crippen molar-refractivity contribution in [2.45, 2.75) is 6.92 Å². The Morgan fingerprint density at radius 2 is 2.12 bits per heavy atom. The summed E-state index contributed by atoms with van der Waals surface area (Å²) in [5.41, 5.74) is 0.644. The average Bonchev–Trinajstić information content (AvgIpc) is 3.05. The van der Waals surface area contributed by atoms with Gasteiger partial charge in [0.25, 0.3) is 5.69 Å². The monoisotopic (exact) mass is 420 g/mol. The molecule has 0 atom stereocenters. The molecule has 134 valence electrons. The molecule has 0 bridgehead atoms. The molecule has 1 aromatic heterocycles. The second kappa shape index (κ2) is 7.12. The minimum absolute atomic E-state index is 0.0395. The maximum absolute atomic E-state index is 12.2. The standard InChI is InChI=1S/C17H13BrN2O6/c1-3-25-17(21)11-7-10(20(22)23)8-13-15(11)26-16(19-13)9-4-5-14(24-2)12(18)6-9/h4-8H,3H2,1-2H3. The van der Waals surface area contributed by atoms with Crippen LogP contribution in [-0.4, -0.2) is 29.6 Å². The van der Waals surface area contributed by atoms with Crippen LogP contribution < -0.4 is 4.74 Å². The average molecular weight is 421 g/mol. The Morgan fingerprint density at radius 3 is 2.73 bits per heavy atom. The maximum Gasteiger partial charge on any atom is 0.342 e. The number of hydrogen-bond donors (Lipinski definition) is 0. The molecular weight excluding hydrogens is 408 g/mol. The van der Waals surface area contributed by atoms with Crippen LogP contribution in [0.4, 0.5) is 5.69 Å². The van der Waals surface area contributed by atoms with Gasteiger partial charge in [-0.1, -0.05) is 0 Å². The zero-order chi connectivity index (χ0) is 18.8. The van der Waals surface area contributed by atoms with E-state index in [9.17, 15) is 14.9 Å². The summed E-state index contributed by atoms with van der Waals surface area (Å²) in [5.74, 6) is 0.141. The first-order valence-corrected chi connectivity index (χ1v) is 8.34.